The Balaban J connectivity index is 1.28. The van der Waals surface area contributed by atoms with E-state index in [1.165, 1.54) is 137 Å². The van der Waals surface area contributed by atoms with Crippen LogP contribution in [0.4, 0.5) is 34.1 Å². The summed E-state index contributed by atoms with van der Waals surface area (Å²) in [5.74, 6) is 0.343. The zero-order chi connectivity index (χ0) is 47.9. The lowest BCUT2D eigenvalue weighted by Crippen LogP contribution is -2.60. The van der Waals surface area contributed by atoms with Gasteiger partial charge in [-0.2, -0.15) is 0 Å². The maximum atomic E-state index is 2.77. The van der Waals surface area contributed by atoms with Crippen LogP contribution in [-0.2, 0) is 37.9 Å². The van der Waals surface area contributed by atoms with Crippen molar-refractivity contribution in [3.63, 3.8) is 0 Å². The summed E-state index contributed by atoms with van der Waals surface area (Å²) in [7, 11) is 0. The summed E-state index contributed by atoms with van der Waals surface area (Å²) in [4.78, 5) is 5.47. The first-order chi connectivity index (χ1) is 31.1. The smallest absolute Gasteiger partial charge is 0.264 e. The number of hydrogen-bond donors (Lipinski definition) is 0. The Hall–Kier alpha value is -4.28. The third-order valence-corrected chi connectivity index (χ3v) is 19.6. The van der Waals surface area contributed by atoms with Crippen molar-refractivity contribution < 1.29 is 0 Å². The van der Waals surface area contributed by atoms with Crippen LogP contribution in [0.1, 0.15) is 207 Å². The molecule has 0 saturated heterocycles. The molecule has 5 aromatic carbocycles. The highest BCUT2D eigenvalue weighted by Gasteiger charge is 2.48. The van der Waals surface area contributed by atoms with E-state index in [1.807, 2.05) is 0 Å². The number of nitrogens with zero attached hydrogens (tertiary/aromatic N) is 2. The van der Waals surface area contributed by atoms with Crippen LogP contribution in [0, 0.1) is 0 Å². The Labute approximate surface area is 409 Å². The molecule has 3 heterocycles. The Morgan fingerprint density at radius 1 is 0.493 bits per heavy atom. The molecule has 6 aromatic rings. The van der Waals surface area contributed by atoms with Crippen LogP contribution in [0.25, 0.3) is 10.1 Å². The van der Waals surface area contributed by atoms with Crippen LogP contribution in [0.3, 0.4) is 0 Å². The van der Waals surface area contributed by atoms with Crippen molar-refractivity contribution in [3.8, 4) is 0 Å². The lowest BCUT2D eigenvalue weighted by Gasteiger charge is -2.46. The standard InChI is InChI=1S/C63H77BN2S/c1-37(2)38-30-51-54-52(31-38)66(41-20-22-44-46(34-41)61(12,13)27-25-59(44,8)9)55-42-35-47-48(63(16,17)29-28-62(47,14)15)36-53(42)67-56(55)64(54)49-32-39(57(3,4)5)18-23-50(49)65(51)40-19-21-43-45(33-40)60(10,11)26-24-58(43,6)7/h18-23,30-37H,24-29H2,1-17H3. The van der Waals surface area contributed by atoms with Crippen LogP contribution in [-0.4, -0.2) is 6.71 Å². The molecule has 0 fully saturated rings. The van der Waals surface area contributed by atoms with Gasteiger partial charge in [-0.3, -0.25) is 0 Å². The van der Waals surface area contributed by atoms with E-state index in [0.717, 1.165) is 0 Å². The van der Waals surface area contributed by atoms with Gasteiger partial charge in [0, 0.05) is 43.3 Å². The van der Waals surface area contributed by atoms with Crippen molar-refractivity contribution in [2.45, 2.75) is 200 Å². The molecule has 0 amide bonds. The van der Waals surface area contributed by atoms with Gasteiger partial charge >= 0.3 is 0 Å². The molecule has 3 aliphatic carbocycles. The van der Waals surface area contributed by atoms with E-state index in [1.54, 1.807) is 5.56 Å². The van der Waals surface area contributed by atoms with Crippen molar-refractivity contribution in [1.82, 2.24) is 0 Å². The number of fused-ring (bicyclic) bond motifs is 9. The molecule has 67 heavy (non-hydrogen) atoms. The van der Waals surface area contributed by atoms with Gasteiger partial charge in [-0.1, -0.05) is 142 Å². The highest BCUT2D eigenvalue weighted by Crippen LogP contribution is 2.55. The molecule has 0 spiro atoms. The van der Waals surface area contributed by atoms with Gasteiger partial charge in [0.1, 0.15) is 0 Å². The molecule has 2 nitrogen and oxygen atoms in total. The van der Waals surface area contributed by atoms with Crippen molar-refractivity contribution in [1.29, 1.82) is 0 Å². The fourth-order valence-electron chi connectivity index (χ4n) is 13.3. The monoisotopic (exact) mass is 905 g/mol. The summed E-state index contributed by atoms with van der Waals surface area (Å²) in [6, 6.07) is 33.3. The summed E-state index contributed by atoms with van der Waals surface area (Å²) in [5, 5.41) is 1.42. The first kappa shape index (κ1) is 45.2. The minimum Gasteiger partial charge on any atom is -0.311 e. The van der Waals surface area contributed by atoms with E-state index in [-0.39, 0.29) is 44.6 Å². The van der Waals surface area contributed by atoms with Gasteiger partial charge in [0.25, 0.3) is 6.71 Å². The lowest BCUT2D eigenvalue weighted by atomic mass is 9.36. The highest BCUT2D eigenvalue weighted by atomic mass is 32.1. The van der Waals surface area contributed by atoms with Crippen LogP contribution < -0.4 is 25.5 Å². The average Bonchev–Trinajstić information content (AvgIpc) is 3.62. The summed E-state index contributed by atoms with van der Waals surface area (Å²) < 4.78 is 2.91. The zero-order valence-electron chi connectivity index (χ0n) is 44.2. The topological polar surface area (TPSA) is 6.48 Å². The maximum absolute atomic E-state index is 2.77. The second-order valence-electron chi connectivity index (χ2n) is 27.2. The van der Waals surface area contributed by atoms with Gasteiger partial charge in [-0.15, -0.1) is 11.3 Å². The molecule has 0 unspecified atom stereocenters. The Morgan fingerprint density at radius 3 is 1.43 bits per heavy atom. The molecule has 0 atom stereocenters. The SMILES string of the molecule is CC(C)c1cc2c3c(c1)N(c1ccc4c(c1)C(C)(C)CCC4(C)C)c1c(sc4cc5c(cc14)C(C)(C)CCC5(C)C)B3c1cc(C(C)(C)C)ccc1N2c1ccc2c(c1)C(C)(C)CCC2(C)C. The molecule has 4 heteroatoms. The Bertz CT molecular complexity index is 3070. The van der Waals surface area contributed by atoms with Crippen LogP contribution >= 0.6 is 11.3 Å². The van der Waals surface area contributed by atoms with Gasteiger partial charge in [0.05, 0.1) is 5.69 Å². The van der Waals surface area contributed by atoms with Gasteiger partial charge in [0.15, 0.2) is 0 Å². The zero-order valence-corrected chi connectivity index (χ0v) is 45.0. The minimum atomic E-state index is -0.00444. The summed E-state index contributed by atoms with van der Waals surface area (Å²) in [5.41, 5.74) is 23.5. The highest BCUT2D eigenvalue weighted by molar-refractivity contribution is 7.33. The maximum Gasteiger partial charge on any atom is 0.264 e. The Kier molecular flexibility index (Phi) is 9.56. The fourth-order valence-corrected chi connectivity index (χ4v) is 14.7. The summed E-state index contributed by atoms with van der Waals surface area (Å²) in [6.45, 7) is 41.8. The number of thiophene rings is 1. The average molecular weight is 905 g/mol. The van der Waals surface area contributed by atoms with Crippen LogP contribution in [0.2, 0.25) is 0 Å². The molecule has 0 N–H and O–H groups in total. The fraction of sp³-hybridized carbons (Fsp3) is 0.492. The number of rotatable bonds is 3. The first-order valence-corrected chi connectivity index (χ1v) is 26.8. The molecule has 348 valence electrons. The van der Waals surface area contributed by atoms with E-state index in [0.29, 0.717) is 5.92 Å². The molecule has 2 aliphatic heterocycles. The van der Waals surface area contributed by atoms with Crippen molar-refractivity contribution in [2.24, 2.45) is 0 Å². The lowest BCUT2D eigenvalue weighted by molar-refractivity contribution is 0.332. The van der Waals surface area contributed by atoms with E-state index < -0.39 is 0 Å². The third kappa shape index (κ3) is 6.67. The Morgan fingerprint density at radius 2 is 0.940 bits per heavy atom. The van der Waals surface area contributed by atoms with Gasteiger partial charge in [0.2, 0.25) is 0 Å². The molecule has 5 aliphatic rings. The van der Waals surface area contributed by atoms with Crippen LogP contribution in [0.15, 0.2) is 78.9 Å². The summed E-state index contributed by atoms with van der Waals surface area (Å²) in [6.07, 6.45) is 7.22. The normalized spacial score (nSPS) is 21.0. The van der Waals surface area contributed by atoms with E-state index in [9.17, 15) is 0 Å². The summed E-state index contributed by atoms with van der Waals surface area (Å²) >= 11 is 2.08. The number of benzene rings is 5. The van der Waals surface area contributed by atoms with Crippen LogP contribution in [0.5, 0.6) is 0 Å². The second kappa shape index (κ2) is 14.2. The van der Waals surface area contributed by atoms with Crippen molar-refractivity contribution in [3.05, 3.63) is 123 Å². The van der Waals surface area contributed by atoms with E-state index >= 15 is 0 Å². The molecule has 11 rings (SSSR count). The van der Waals surface area contributed by atoms with Crippen molar-refractivity contribution in [2.75, 3.05) is 9.80 Å². The number of hydrogen-bond acceptors (Lipinski definition) is 3. The quantitative estimate of drug-likeness (QED) is 0.163. The third-order valence-electron chi connectivity index (χ3n) is 18.4. The molecule has 1 aromatic heterocycles. The predicted molar refractivity (Wildman–Crippen MR) is 294 cm³/mol. The molecular formula is C63H77BN2S. The molecule has 0 radical (unpaired) electrons. The van der Waals surface area contributed by atoms with Gasteiger partial charge in [-0.05, 0) is 192 Å². The van der Waals surface area contributed by atoms with Gasteiger partial charge < -0.3 is 9.80 Å². The van der Waals surface area contributed by atoms with Crippen molar-refractivity contribution >= 4 is 78.0 Å². The minimum absolute atomic E-state index is 0.00444. The van der Waals surface area contributed by atoms with E-state index in [2.05, 4.69) is 218 Å². The molecule has 0 bridgehead atoms. The number of anilines is 6. The first-order valence-electron chi connectivity index (χ1n) is 26.0. The largest absolute Gasteiger partial charge is 0.311 e. The predicted octanol–water partition coefficient (Wildman–Crippen LogP) is 16.5. The molecule has 0 saturated carbocycles. The van der Waals surface area contributed by atoms with Gasteiger partial charge in [-0.25, -0.2) is 0 Å². The second-order valence-corrected chi connectivity index (χ2v) is 28.3. The van der Waals surface area contributed by atoms with E-state index in [4.69, 9.17) is 0 Å². The molecular weight excluding hydrogens is 828 g/mol.